The Hall–Kier alpha value is -4.11. The molecule has 36 heavy (non-hydrogen) atoms. The maximum Gasteiger partial charge on any atom is 0.452 e. The van der Waals surface area contributed by atoms with Gasteiger partial charge in [0.15, 0.2) is 23.0 Å². The highest BCUT2D eigenvalue weighted by Gasteiger charge is 2.44. The van der Waals surface area contributed by atoms with Crippen LogP contribution in [0, 0.1) is 6.57 Å². The van der Waals surface area contributed by atoms with E-state index in [1.54, 1.807) is 25.1 Å². The normalized spacial score (nSPS) is 16.8. The SMILES string of the molecule is [C-]#[N+]c1ccc2c(c1)[C@H](c1cccc(OC)c1OC)O[C@@H](CC(=O)OCC)c1nnc(C(F)(F)F)n1-2. The van der Waals surface area contributed by atoms with Crippen molar-refractivity contribution in [1.82, 2.24) is 14.8 Å². The Kier molecular flexibility index (Phi) is 6.85. The lowest BCUT2D eigenvalue weighted by Crippen LogP contribution is -2.18. The van der Waals surface area contributed by atoms with Crippen molar-refractivity contribution in [2.75, 3.05) is 20.8 Å². The average molecular weight is 502 g/mol. The number of carbonyl (C=O) groups is 1. The summed E-state index contributed by atoms with van der Waals surface area (Å²) in [5.41, 5.74) is 0.876. The lowest BCUT2D eigenvalue weighted by molar-refractivity contribution is -0.147. The minimum atomic E-state index is -4.86. The van der Waals surface area contributed by atoms with Crippen LogP contribution in [0.5, 0.6) is 11.5 Å². The number of hydrogen-bond donors (Lipinski definition) is 0. The molecule has 0 aliphatic carbocycles. The van der Waals surface area contributed by atoms with Crippen molar-refractivity contribution in [1.29, 1.82) is 0 Å². The number of benzene rings is 2. The highest BCUT2D eigenvalue weighted by molar-refractivity contribution is 5.70. The van der Waals surface area contributed by atoms with E-state index in [2.05, 4.69) is 15.0 Å². The van der Waals surface area contributed by atoms with Gasteiger partial charge in [0.1, 0.15) is 12.2 Å². The first-order chi connectivity index (χ1) is 17.2. The van der Waals surface area contributed by atoms with E-state index in [0.717, 1.165) is 4.57 Å². The first-order valence-corrected chi connectivity index (χ1v) is 10.8. The predicted molar refractivity (Wildman–Crippen MR) is 119 cm³/mol. The number of halogens is 3. The molecule has 0 bridgehead atoms. The summed E-state index contributed by atoms with van der Waals surface area (Å²) in [5.74, 6) is -1.55. The second-order valence-electron chi connectivity index (χ2n) is 7.67. The monoisotopic (exact) mass is 502 g/mol. The van der Waals surface area contributed by atoms with Gasteiger partial charge in [-0.25, -0.2) is 4.85 Å². The molecule has 0 N–H and O–H groups in total. The van der Waals surface area contributed by atoms with Crippen LogP contribution in [0.4, 0.5) is 18.9 Å². The number of esters is 1. The van der Waals surface area contributed by atoms with E-state index in [1.165, 1.54) is 32.4 Å². The summed E-state index contributed by atoms with van der Waals surface area (Å²) in [6.07, 6.45) is -7.61. The van der Waals surface area contributed by atoms with Gasteiger partial charge in [0.2, 0.25) is 5.82 Å². The van der Waals surface area contributed by atoms with E-state index >= 15 is 0 Å². The highest BCUT2D eigenvalue weighted by Crippen LogP contribution is 2.47. The summed E-state index contributed by atoms with van der Waals surface area (Å²) in [5, 5.41) is 7.13. The van der Waals surface area contributed by atoms with Crippen LogP contribution in [0.3, 0.4) is 0 Å². The molecule has 0 amide bonds. The molecule has 0 spiro atoms. The van der Waals surface area contributed by atoms with Crippen LogP contribution in [0.25, 0.3) is 10.5 Å². The Morgan fingerprint density at radius 2 is 1.94 bits per heavy atom. The first-order valence-electron chi connectivity index (χ1n) is 10.8. The van der Waals surface area contributed by atoms with Crippen molar-refractivity contribution in [3.63, 3.8) is 0 Å². The van der Waals surface area contributed by atoms with Gasteiger partial charge in [-0.1, -0.05) is 18.2 Å². The van der Waals surface area contributed by atoms with Crippen molar-refractivity contribution in [3.05, 3.63) is 70.6 Å². The van der Waals surface area contributed by atoms with Crippen molar-refractivity contribution in [2.24, 2.45) is 0 Å². The van der Waals surface area contributed by atoms with Gasteiger partial charge in [-0.05, 0) is 30.7 Å². The maximum atomic E-state index is 14.0. The van der Waals surface area contributed by atoms with Crippen molar-refractivity contribution < 1.29 is 36.9 Å². The summed E-state index contributed by atoms with van der Waals surface area (Å²) in [7, 11) is 2.86. The summed E-state index contributed by atoms with van der Waals surface area (Å²) >= 11 is 0. The Morgan fingerprint density at radius 3 is 2.58 bits per heavy atom. The van der Waals surface area contributed by atoms with Gasteiger partial charge in [0.05, 0.1) is 39.5 Å². The fourth-order valence-electron chi connectivity index (χ4n) is 4.12. The lowest BCUT2D eigenvalue weighted by atomic mass is 9.97. The quantitative estimate of drug-likeness (QED) is 0.347. The zero-order valence-corrected chi connectivity index (χ0v) is 19.5. The number of nitrogens with zero attached hydrogens (tertiary/aromatic N) is 4. The fraction of sp³-hybridized carbons (Fsp3) is 0.333. The maximum absolute atomic E-state index is 14.0. The fourth-order valence-corrected chi connectivity index (χ4v) is 4.12. The molecule has 0 saturated heterocycles. The van der Waals surface area contributed by atoms with Crippen LogP contribution in [0.1, 0.15) is 48.3 Å². The van der Waals surface area contributed by atoms with Gasteiger partial charge >= 0.3 is 12.1 Å². The number of hydrogen-bond acceptors (Lipinski definition) is 7. The van der Waals surface area contributed by atoms with Crippen LogP contribution in [0.15, 0.2) is 36.4 Å². The Balaban J connectivity index is 2.02. The molecule has 2 heterocycles. The topological polar surface area (TPSA) is 89.1 Å². The number of methoxy groups -OCH3 is 2. The molecule has 4 rings (SSSR count). The predicted octanol–water partition coefficient (Wildman–Crippen LogP) is 4.97. The van der Waals surface area contributed by atoms with Gasteiger partial charge in [0.25, 0.3) is 0 Å². The third kappa shape index (κ3) is 4.45. The van der Waals surface area contributed by atoms with E-state index < -0.39 is 36.6 Å². The molecule has 3 aromatic rings. The smallest absolute Gasteiger partial charge is 0.452 e. The number of fused-ring (bicyclic) bond motifs is 3. The zero-order chi connectivity index (χ0) is 26.0. The number of carbonyl (C=O) groups excluding carboxylic acids is 1. The molecule has 0 saturated carbocycles. The molecule has 188 valence electrons. The molecular formula is C24H21F3N4O5. The minimum absolute atomic E-state index is 0.0518. The molecule has 0 fully saturated rings. The molecule has 1 aliphatic rings. The van der Waals surface area contributed by atoms with E-state index in [-0.39, 0.29) is 35.1 Å². The number of alkyl halides is 3. The van der Waals surface area contributed by atoms with Crippen molar-refractivity contribution in [2.45, 2.75) is 31.7 Å². The van der Waals surface area contributed by atoms with E-state index in [1.807, 2.05) is 0 Å². The molecule has 0 unspecified atom stereocenters. The molecule has 2 aromatic carbocycles. The van der Waals surface area contributed by atoms with Crippen LogP contribution < -0.4 is 9.47 Å². The van der Waals surface area contributed by atoms with Gasteiger partial charge in [-0.3, -0.25) is 9.36 Å². The summed E-state index contributed by atoms with van der Waals surface area (Å²) in [4.78, 5) is 15.8. The Bertz CT molecular complexity index is 1330. The van der Waals surface area contributed by atoms with E-state index in [0.29, 0.717) is 11.3 Å². The molecule has 12 heteroatoms. The first kappa shape index (κ1) is 25.0. The Morgan fingerprint density at radius 1 is 1.17 bits per heavy atom. The molecular weight excluding hydrogens is 481 g/mol. The van der Waals surface area contributed by atoms with Gasteiger partial charge in [-0.15, -0.1) is 10.2 Å². The third-order valence-electron chi connectivity index (χ3n) is 5.57. The number of ether oxygens (including phenoxy) is 4. The molecule has 2 atom stereocenters. The molecule has 9 nitrogen and oxygen atoms in total. The van der Waals surface area contributed by atoms with E-state index in [9.17, 15) is 18.0 Å². The number of rotatable bonds is 6. The van der Waals surface area contributed by atoms with Crippen LogP contribution in [-0.4, -0.2) is 41.6 Å². The van der Waals surface area contributed by atoms with Gasteiger partial charge < -0.3 is 18.9 Å². The minimum Gasteiger partial charge on any atom is -0.493 e. The van der Waals surface area contributed by atoms with Crippen LogP contribution in [0.2, 0.25) is 0 Å². The second-order valence-corrected chi connectivity index (χ2v) is 7.67. The Labute approximate surface area is 204 Å². The summed E-state index contributed by atoms with van der Waals surface area (Å²) in [6, 6.07) is 9.19. The van der Waals surface area contributed by atoms with Crippen LogP contribution in [-0.2, 0) is 20.4 Å². The van der Waals surface area contributed by atoms with Crippen molar-refractivity contribution >= 4 is 11.7 Å². The largest absolute Gasteiger partial charge is 0.493 e. The van der Waals surface area contributed by atoms with E-state index in [4.69, 9.17) is 25.5 Å². The number of para-hydroxylation sites is 1. The lowest BCUT2D eigenvalue weighted by Gasteiger charge is -2.24. The number of aromatic nitrogens is 3. The average Bonchev–Trinajstić information content (AvgIpc) is 3.26. The summed E-state index contributed by atoms with van der Waals surface area (Å²) < 4.78 is 65.1. The third-order valence-corrected chi connectivity index (χ3v) is 5.57. The van der Waals surface area contributed by atoms with Gasteiger partial charge in [-0.2, -0.15) is 13.2 Å². The zero-order valence-electron chi connectivity index (χ0n) is 19.5. The van der Waals surface area contributed by atoms with Crippen LogP contribution >= 0.6 is 0 Å². The van der Waals surface area contributed by atoms with Gasteiger partial charge in [0, 0.05) is 5.56 Å². The van der Waals surface area contributed by atoms with Crippen molar-refractivity contribution in [3.8, 4) is 17.2 Å². The summed E-state index contributed by atoms with van der Waals surface area (Å²) in [6.45, 7) is 9.12. The molecule has 1 aromatic heterocycles. The molecule has 0 radical (unpaired) electrons. The standard InChI is InChI=1S/C24H21F3N4O5/c1-5-35-19(32)12-18-22-29-30-23(24(25,26)27)31(22)16-10-9-13(28-2)11-15(16)20(36-18)14-7-6-8-17(33-3)21(14)34-4/h6-11,18,20H,5,12H2,1,3-4H3/t18-,20-/m0/s1. The highest BCUT2D eigenvalue weighted by atomic mass is 19.4. The molecule has 1 aliphatic heterocycles. The second kappa shape index (κ2) is 9.87.